The van der Waals surface area contributed by atoms with E-state index < -0.39 is 46.6 Å². The molecule has 0 bridgehead atoms. The van der Waals surface area contributed by atoms with Crippen LogP contribution in [-0.4, -0.2) is 48.8 Å². The molecule has 45 heavy (non-hydrogen) atoms. The summed E-state index contributed by atoms with van der Waals surface area (Å²) in [6, 6.07) is 35.5. The van der Waals surface area contributed by atoms with Crippen LogP contribution < -0.4 is 5.43 Å². The Balaban J connectivity index is 1.66. The Morgan fingerprint density at radius 3 is 1.78 bits per heavy atom. The molecule has 0 fully saturated rings. The highest BCUT2D eigenvalue weighted by Gasteiger charge is 2.57. The van der Waals surface area contributed by atoms with Crippen molar-refractivity contribution in [3.05, 3.63) is 143 Å². The number of alkyl halides is 3. The van der Waals surface area contributed by atoms with Gasteiger partial charge in [-0.15, -0.1) is 11.8 Å². The number of esters is 2. The minimum Gasteiger partial charge on any atom is -0.467 e. The lowest BCUT2D eigenvalue weighted by Crippen LogP contribution is -2.56. The number of hydrazone groups is 1. The van der Waals surface area contributed by atoms with Crippen molar-refractivity contribution in [1.29, 1.82) is 0 Å². The van der Waals surface area contributed by atoms with Crippen molar-refractivity contribution < 1.29 is 32.2 Å². The molecule has 4 aromatic rings. The Bertz CT molecular complexity index is 1560. The van der Waals surface area contributed by atoms with Gasteiger partial charge in [0, 0.05) is 10.8 Å². The van der Waals surface area contributed by atoms with Gasteiger partial charge in [0.15, 0.2) is 17.9 Å². The highest BCUT2D eigenvalue weighted by molar-refractivity contribution is 8.00. The van der Waals surface area contributed by atoms with Crippen molar-refractivity contribution in [3.8, 4) is 0 Å². The highest BCUT2D eigenvalue weighted by atomic mass is 35.5. The molecule has 5 rings (SSSR count). The average molecular weight is 653 g/mol. The van der Waals surface area contributed by atoms with Crippen LogP contribution in [0.4, 0.5) is 13.2 Å². The van der Waals surface area contributed by atoms with Crippen LogP contribution in [0.15, 0.2) is 120 Å². The number of carbonyl (C=O) groups is 2. The van der Waals surface area contributed by atoms with Gasteiger partial charge >= 0.3 is 18.1 Å². The SMILES string of the molecule is COC(=O)[C@@]1(CSC(c2ccccc2)(c2ccccc2)c2ccccc2)NN=C(C(=O)OCC(F)(F)F)[C@H]1c1ccc(Cl)cc1. The summed E-state index contributed by atoms with van der Waals surface area (Å²) < 4.78 is 48.1. The molecule has 0 aromatic heterocycles. The minimum atomic E-state index is -4.76. The predicted octanol–water partition coefficient (Wildman–Crippen LogP) is 7.13. The minimum absolute atomic E-state index is 0.0365. The normalized spacial score (nSPS) is 18.1. The zero-order valence-electron chi connectivity index (χ0n) is 24.0. The van der Waals surface area contributed by atoms with Gasteiger partial charge < -0.3 is 9.47 Å². The lowest BCUT2D eigenvalue weighted by atomic mass is 9.78. The van der Waals surface area contributed by atoms with Crippen molar-refractivity contribution in [2.75, 3.05) is 19.5 Å². The van der Waals surface area contributed by atoms with Gasteiger partial charge in [0.2, 0.25) is 0 Å². The van der Waals surface area contributed by atoms with Gasteiger partial charge in [0.05, 0.1) is 17.8 Å². The van der Waals surface area contributed by atoms with E-state index >= 15 is 0 Å². The molecule has 0 saturated carbocycles. The molecule has 0 saturated heterocycles. The van der Waals surface area contributed by atoms with Crippen LogP contribution in [-0.2, 0) is 23.8 Å². The summed E-state index contributed by atoms with van der Waals surface area (Å²) in [4.78, 5) is 27.0. The number of halogens is 4. The molecule has 1 N–H and O–H groups in total. The Labute approximate surface area is 267 Å². The van der Waals surface area contributed by atoms with Crippen molar-refractivity contribution >= 4 is 41.0 Å². The van der Waals surface area contributed by atoms with Gasteiger partial charge in [0.25, 0.3) is 0 Å². The fraction of sp³-hybridized carbons (Fsp3) is 0.206. The van der Waals surface area contributed by atoms with Crippen molar-refractivity contribution in [1.82, 2.24) is 5.43 Å². The number of carbonyl (C=O) groups excluding carboxylic acids is 2. The Morgan fingerprint density at radius 2 is 1.33 bits per heavy atom. The Hall–Kier alpha value is -4.28. The summed E-state index contributed by atoms with van der Waals surface area (Å²) >= 11 is 7.55. The van der Waals surface area contributed by atoms with E-state index in [9.17, 15) is 22.8 Å². The maximum Gasteiger partial charge on any atom is 0.422 e. The zero-order chi connectivity index (χ0) is 32.1. The topological polar surface area (TPSA) is 77.0 Å². The van der Waals surface area contributed by atoms with Gasteiger partial charge in [-0.05, 0) is 34.4 Å². The molecule has 1 aliphatic rings. The molecule has 0 spiro atoms. The number of hydrogen-bond acceptors (Lipinski definition) is 7. The van der Waals surface area contributed by atoms with E-state index in [1.54, 1.807) is 24.3 Å². The van der Waals surface area contributed by atoms with Crippen molar-refractivity contribution in [2.24, 2.45) is 5.10 Å². The average Bonchev–Trinajstić information content (AvgIpc) is 3.45. The number of hydrogen-bond donors (Lipinski definition) is 1. The monoisotopic (exact) mass is 652 g/mol. The van der Waals surface area contributed by atoms with E-state index in [1.165, 1.54) is 18.9 Å². The molecular weight excluding hydrogens is 625 g/mol. The quantitative estimate of drug-likeness (QED) is 0.145. The number of benzene rings is 4. The standard InChI is InChI=1S/C34H28ClF3N2O4S/c1-43-31(42)32(28(23-17-19-27(35)20-18-23)29(39-40-32)30(41)44-21-33(36,37)38)22-45-34(24-11-5-2-6-12-24,25-13-7-3-8-14-25)26-15-9-4-10-16-26/h2-20,28,40H,21-22H2,1H3/t28-,32+/m1/s1. The molecule has 11 heteroatoms. The number of thioether (sulfide) groups is 1. The van der Waals surface area contributed by atoms with Crippen LogP contribution in [0, 0.1) is 0 Å². The fourth-order valence-electron chi connectivity index (χ4n) is 5.52. The van der Waals surface area contributed by atoms with E-state index in [4.69, 9.17) is 16.3 Å². The van der Waals surface area contributed by atoms with Crippen LogP contribution in [0.25, 0.3) is 0 Å². The molecule has 6 nitrogen and oxygen atoms in total. The van der Waals surface area contributed by atoms with E-state index in [1.807, 2.05) is 91.0 Å². The maximum absolute atomic E-state index is 13.9. The number of nitrogens with zero attached hydrogens (tertiary/aromatic N) is 1. The van der Waals surface area contributed by atoms with Gasteiger partial charge in [-0.25, -0.2) is 9.59 Å². The smallest absolute Gasteiger partial charge is 0.422 e. The zero-order valence-corrected chi connectivity index (χ0v) is 25.5. The lowest BCUT2D eigenvalue weighted by molar-refractivity contribution is -0.181. The third-order valence-electron chi connectivity index (χ3n) is 7.53. The second-order valence-electron chi connectivity index (χ2n) is 10.3. The van der Waals surface area contributed by atoms with Crippen molar-refractivity contribution in [2.45, 2.75) is 22.4 Å². The Morgan fingerprint density at radius 1 is 0.844 bits per heavy atom. The number of ether oxygens (including phenoxy) is 2. The first kappa shape index (κ1) is 32.1. The van der Waals surface area contributed by atoms with Crippen LogP contribution in [0.5, 0.6) is 0 Å². The van der Waals surface area contributed by atoms with E-state index in [0.717, 1.165) is 16.7 Å². The molecule has 1 aliphatic heterocycles. The first-order valence-electron chi connectivity index (χ1n) is 13.8. The van der Waals surface area contributed by atoms with Gasteiger partial charge in [-0.2, -0.15) is 18.3 Å². The molecular formula is C34H28ClF3N2O4S. The first-order valence-corrected chi connectivity index (χ1v) is 15.2. The third kappa shape index (κ3) is 6.57. The number of methoxy groups -OCH3 is 1. The second-order valence-corrected chi connectivity index (χ2v) is 11.9. The van der Waals surface area contributed by atoms with E-state index in [0.29, 0.717) is 10.6 Å². The summed E-state index contributed by atoms with van der Waals surface area (Å²) in [5.41, 5.74) is 3.85. The summed E-state index contributed by atoms with van der Waals surface area (Å²) in [5.74, 6) is -3.29. The van der Waals surface area contributed by atoms with Crippen LogP contribution >= 0.6 is 23.4 Å². The molecule has 0 aliphatic carbocycles. The lowest BCUT2D eigenvalue weighted by Gasteiger charge is -2.39. The second kappa shape index (κ2) is 13.4. The Kier molecular flexibility index (Phi) is 9.55. The highest BCUT2D eigenvalue weighted by Crippen LogP contribution is 2.51. The number of nitrogens with one attached hydrogen (secondary N) is 1. The predicted molar refractivity (Wildman–Crippen MR) is 168 cm³/mol. The summed E-state index contributed by atoms with van der Waals surface area (Å²) in [7, 11) is 1.20. The number of rotatable bonds is 10. The van der Waals surface area contributed by atoms with Gasteiger partial charge in [0.1, 0.15) is 0 Å². The molecule has 0 amide bonds. The first-order chi connectivity index (χ1) is 21.6. The largest absolute Gasteiger partial charge is 0.467 e. The summed E-state index contributed by atoms with van der Waals surface area (Å²) in [5, 5.41) is 4.52. The molecule has 1 heterocycles. The van der Waals surface area contributed by atoms with Gasteiger partial charge in [-0.3, -0.25) is 5.43 Å². The fourth-order valence-corrected chi connectivity index (χ4v) is 7.34. The van der Waals surface area contributed by atoms with E-state index in [2.05, 4.69) is 15.3 Å². The van der Waals surface area contributed by atoms with Crippen LogP contribution in [0.3, 0.4) is 0 Å². The van der Waals surface area contributed by atoms with Crippen LogP contribution in [0.1, 0.15) is 28.2 Å². The molecule has 4 aromatic carbocycles. The van der Waals surface area contributed by atoms with Gasteiger partial charge in [-0.1, -0.05) is 115 Å². The van der Waals surface area contributed by atoms with E-state index in [-0.39, 0.29) is 5.75 Å². The van der Waals surface area contributed by atoms with Crippen LogP contribution in [0.2, 0.25) is 5.02 Å². The summed E-state index contributed by atoms with van der Waals surface area (Å²) in [6.45, 7) is -1.81. The molecule has 0 radical (unpaired) electrons. The molecule has 2 atom stereocenters. The molecule has 232 valence electrons. The van der Waals surface area contributed by atoms with Crippen molar-refractivity contribution in [3.63, 3.8) is 0 Å². The molecule has 0 unspecified atom stereocenters. The third-order valence-corrected chi connectivity index (χ3v) is 9.52. The maximum atomic E-state index is 13.9. The summed E-state index contributed by atoms with van der Waals surface area (Å²) in [6.07, 6.45) is -4.76.